The second kappa shape index (κ2) is 7.76. The van der Waals surface area contributed by atoms with Gasteiger partial charge in [0.2, 0.25) is 5.91 Å². The second-order valence-electron chi connectivity index (χ2n) is 6.31. The third-order valence-electron chi connectivity index (χ3n) is 4.19. The van der Waals surface area contributed by atoms with E-state index in [1.807, 2.05) is 0 Å². The fourth-order valence-electron chi connectivity index (χ4n) is 2.96. The predicted molar refractivity (Wildman–Crippen MR) is 86.6 cm³/mol. The lowest BCUT2D eigenvalue weighted by Crippen LogP contribution is -2.39. The number of nitrogens with zero attached hydrogens (tertiary/aromatic N) is 1. The third kappa shape index (κ3) is 5.21. The Balaban J connectivity index is 2.20. The molecule has 0 saturated carbocycles. The number of nitrogens with one attached hydrogen (secondary N) is 1. The smallest absolute Gasteiger partial charge is 0.416 e. The molecule has 1 aliphatic rings. The van der Waals surface area contributed by atoms with E-state index in [1.165, 1.54) is 11.0 Å². The van der Waals surface area contributed by atoms with Gasteiger partial charge in [-0.1, -0.05) is 0 Å². The van der Waals surface area contributed by atoms with E-state index in [2.05, 4.69) is 5.32 Å². The van der Waals surface area contributed by atoms with Crippen molar-refractivity contribution in [3.05, 3.63) is 29.3 Å². The molecule has 1 aliphatic heterocycles. The van der Waals surface area contributed by atoms with Crippen LogP contribution in [0.15, 0.2) is 18.2 Å². The Bertz CT molecular complexity index is 710. The van der Waals surface area contributed by atoms with E-state index in [4.69, 9.17) is 5.11 Å². The number of hydrogen-bond donors (Lipinski definition) is 2. The van der Waals surface area contributed by atoms with Gasteiger partial charge < -0.3 is 15.3 Å². The quantitative estimate of drug-likeness (QED) is 0.851. The summed E-state index contributed by atoms with van der Waals surface area (Å²) in [5.41, 5.74) is -1.29. The standard InChI is InChI=1S/C17H19F3N2O4/c1-10(23)21-14-8-12(7-13(9-14)17(18,19)20)16(26)22-4-2-11(3-5-22)6-15(24)25/h7-9,11H,2-6H2,1H3,(H,21,23)(H,24,25). The van der Waals surface area contributed by atoms with Crippen LogP contribution in [0.4, 0.5) is 18.9 Å². The number of aliphatic carboxylic acids is 1. The molecule has 0 unspecified atom stereocenters. The highest BCUT2D eigenvalue weighted by Crippen LogP contribution is 2.32. The van der Waals surface area contributed by atoms with Crippen LogP contribution in [0.25, 0.3) is 0 Å². The number of carbonyl (C=O) groups excluding carboxylic acids is 2. The van der Waals surface area contributed by atoms with Crippen molar-refractivity contribution >= 4 is 23.5 Å². The molecule has 6 nitrogen and oxygen atoms in total. The summed E-state index contributed by atoms with van der Waals surface area (Å²) in [6, 6.07) is 2.75. The lowest BCUT2D eigenvalue weighted by atomic mass is 9.93. The maximum atomic E-state index is 13.1. The Hall–Kier alpha value is -2.58. The van der Waals surface area contributed by atoms with E-state index in [9.17, 15) is 27.6 Å². The zero-order valence-electron chi connectivity index (χ0n) is 14.1. The van der Waals surface area contributed by atoms with Gasteiger partial charge in [0.15, 0.2) is 0 Å². The van der Waals surface area contributed by atoms with Crippen LogP contribution in [0.5, 0.6) is 0 Å². The van der Waals surface area contributed by atoms with Crippen LogP contribution >= 0.6 is 0 Å². The van der Waals surface area contributed by atoms with Crippen LogP contribution < -0.4 is 5.32 Å². The van der Waals surface area contributed by atoms with Gasteiger partial charge in [-0.25, -0.2) is 0 Å². The molecule has 2 N–H and O–H groups in total. The van der Waals surface area contributed by atoms with Crippen molar-refractivity contribution in [1.82, 2.24) is 4.90 Å². The molecule has 0 radical (unpaired) electrons. The largest absolute Gasteiger partial charge is 0.481 e. The normalized spacial score (nSPS) is 15.6. The molecule has 0 bridgehead atoms. The Morgan fingerprint density at radius 1 is 1.19 bits per heavy atom. The van der Waals surface area contributed by atoms with E-state index < -0.39 is 29.5 Å². The predicted octanol–water partition coefficient (Wildman–Crippen LogP) is 2.99. The molecule has 0 aromatic heterocycles. The minimum Gasteiger partial charge on any atom is -0.481 e. The molecule has 142 valence electrons. The van der Waals surface area contributed by atoms with Crippen LogP contribution in [-0.4, -0.2) is 40.9 Å². The van der Waals surface area contributed by atoms with Crippen LogP contribution in [0.2, 0.25) is 0 Å². The van der Waals surface area contributed by atoms with E-state index in [-0.39, 0.29) is 36.7 Å². The first-order valence-electron chi connectivity index (χ1n) is 8.07. The van der Waals surface area contributed by atoms with Gasteiger partial charge in [0.1, 0.15) is 0 Å². The topological polar surface area (TPSA) is 86.7 Å². The Labute approximate surface area is 148 Å². The summed E-state index contributed by atoms with van der Waals surface area (Å²) < 4.78 is 39.2. The van der Waals surface area contributed by atoms with Gasteiger partial charge in [-0.3, -0.25) is 14.4 Å². The van der Waals surface area contributed by atoms with E-state index >= 15 is 0 Å². The van der Waals surface area contributed by atoms with Crippen LogP contribution in [-0.2, 0) is 15.8 Å². The molecule has 1 heterocycles. The van der Waals surface area contributed by atoms with Crippen molar-refractivity contribution in [3.8, 4) is 0 Å². The number of hydrogen-bond acceptors (Lipinski definition) is 3. The molecule has 2 rings (SSSR count). The lowest BCUT2D eigenvalue weighted by Gasteiger charge is -2.31. The average Bonchev–Trinajstić information content (AvgIpc) is 2.52. The number of anilines is 1. The number of amides is 2. The van der Waals surface area contributed by atoms with Crippen molar-refractivity contribution in [2.75, 3.05) is 18.4 Å². The number of rotatable bonds is 4. The maximum absolute atomic E-state index is 13.1. The Morgan fingerprint density at radius 2 is 1.81 bits per heavy atom. The van der Waals surface area contributed by atoms with E-state index in [0.29, 0.717) is 12.8 Å². The van der Waals surface area contributed by atoms with Crippen LogP contribution in [0, 0.1) is 5.92 Å². The van der Waals surface area contributed by atoms with Crippen molar-refractivity contribution in [3.63, 3.8) is 0 Å². The molecule has 2 amide bonds. The Morgan fingerprint density at radius 3 is 2.31 bits per heavy atom. The zero-order chi connectivity index (χ0) is 19.5. The summed E-state index contributed by atoms with van der Waals surface area (Å²) in [7, 11) is 0. The molecule has 1 fully saturated rings. The van der Waals surface area contributed by atoms with Gasteiger partial charge in [-0.2, -0.15) is 13.2 Å². The first-order valence-corrected chi connectivity index (χ1v) is 8.07. The number of carbonyl (C=O) groups is 3. The molecule has 1 saturated heterocycles. The molecular weight excluding hydrogens is 353 g/mol. The second-order valence-corrected chi connectivity index (χ2v) is 6.31. The minimum absolute atomic E-state index is 0.0122. The van der Waals surface area contributed by atoms with E-state index in [0.717, 1.165) is 19.1 Å². The number of halogens is 3. The molecular formula is C17H19F3N2O4. The highest BCUT2D eigenvalue weighted by molar-refractivity contribution is 5.97. The first kappa shape index (κ1) is 19.7. The first-order chi connectivity index (χ1) is 12.1. The minimum atomic E-state index is -4.65. The third-order valence-corrected chi connectivity index (χ3v) is 4.19. The summed E-state index contributed by atoms with van der Waals surface area (Å²) >= 11 is 0. The van der Waals surface area contributed by atoms with Crippen molar-refractivity contribution in [1.29, 1.82) is 0 Å². The molecule has 0 spiro atoms. The summed E-state index contributed by atoms with van der Waals surface area (Å²) in [6.45, 7) is 1.72. The van der Waals surface area contributed by atoms with Crippen molar-refractivity contribution in [2.45, 2.75) is 32.4 Å². The van der Waals surface area contributed by atoms with Crippen LogP contribution in [0.1, 0.15) is 42.1 Å². The maximum Gasteiger partial charge on any atom is 0.416 e. The average molecular weight is 372 g/mol. The number of benzene rings is 1. The van der Waals surface area contributed by atoms with Crippen molar-refractivity contribution in [2.24, 2.45) is 5.92 Å². The zero-order valence-corrected chi connectivity index (χ0v) is 14.1. The fraction of sp³-hybridized carbons (Fsp3) is 0.471. The van der Waals surface area contributed by atoms with E-state index in [1.54, 1.807) is 0 Å². The number of piperidine rings is 1. The fourth-order valence-corrected chi connectivity index (χ4v) is 2.96. The van der Waals surface area contributed by atoms with Gasteiger partial charge >= 0.3 is 12.1 Å². The summed E-state index contributed by atoms with van der Waals surface area (Å²) in [5.74, 6) is -2.07. The highest BCUT2D eigenvalue weighted by Gasteiger charge is 2.33. The monoisotopic (exact) mass is 372 g/mol. The highest BCUT2D eigenvalue weighted by atomic mass is 19.4. The molecule has 1 aromatic rings. The van der Waals surface area contributed by atoms with Gasteiger partial charge in [0.05, 0.1) is 5.56 Å². The van der Waals surface area contributed by atoms with Gasteiger partial charge in [-0.05, 0) is 37.0 Å². The molecule has 9 heteroatoms. The lowest BCUT2D eigenvalue weighted by molar-refractivity contribution is -0.138. The van der Waals surface area contributed by atoms with Gasteiger partial charge in [-0.15, -0.1) is 0 Å². The number of carboxylic acids is 1. The van der Waals surface area contributed by atoms with Crippen LogP contribution in [0.3, 0.4) is 0 Å². The van der Waals surface area contributed by atoms with Gasteiger partial charge in [0, 0.05) is 37.7 Å². The number of carboxylic acid groups (broad SMARTS) is 1. The summed E-state index contributed by atoms with van der Waals surface area (Å²) in [4.78, 5) is 35.9. The Kier molecular flexibility index (Phi) is 5.89. The number of likely N-dealkylation sites (tertiary alicyclic amines) is 1. The SMILES string of the molecule is CC(=O)Nc1cc(C(=O)N2CCC(CC(=O)O)CC2)cc(C(F)(F)F)c1. The van der Waals surface area contributed by atoms with Crippen molar-refractivity contribution < 1.29 is 32.7 Å². The molecule has 0 aliphatic carbocycles. The molecule has 26 heavy (non-hydrogen) atoms. The molecule has 0 atom stereocenters. The number of alkyl halides is 3. The summed E-state index contributed by atoms with van der Waals surface area (Å²) in [6.07, 6.45) is -3.68. The van der Waals surface area contributed by atoms with Gasteiger partial charge in [0.25, 0.3) is 5.91 Å². The molecule has 1 aromatic carbocycles. The summed E-state index contributed by atoms with van der Waals surface area (Å²) in [5, 5.41) is 11.1.